The molecule has 1 N–H and O–H groups in total. The van der Waals surface area contributed by atoms with Crippen LogP contribution in [0.4, 0.5) is 13.2 Å². The smallest absolute Gasteiger partial charge is 0.449 e. The highest BCUT2D eigenvalue weighted by molar-refractivity contribution is 6.30. The zero-order valence-electron chi connectivity index (χ0n) is 10.1. The summed E-state index contributed by atoms with van der Waals surface area (Å²) in [6.45, 7) is 0. The number of aromatic amines is 1. The summed E-state index contributed by atoms with van der Waals surface area (Å²) in [4.78, 5) is 16.4. The van der Waals surface area contributed by atoms with Crippen LogP contribution in [0.5, 0.6) is 5.75 Å². The Kier molecular flexibility index (Phi) is 3.71. The van der Waals surface area contributed by atoms with Crippen molar-refractivity contribution >= 4 is 11.6 Å². The van der Waals surface area contributed by atoms with Gasteiger partial charge in [0, 0.05) is 16.7 Å². The summed E-state index contributed by atoms with van der Waals surface area (Å²) in [6, 6.07) is 5.32. The van der Waals surface area contributed by atoms with Gasteiger partial charge in [-0.05, 0) is 18.2 Å². The van der Waals surface area contributed by atoms with E-state index in [1.54, 1.807) is 4.98 Å². The van der Waals surface area contributed by atoms with Gasteiger partial charge < -0.3 is 9.72 Å². The lowest BCUT2D eigenvalue weighted by Crippen LogP contribution is -2.18. The predicted molar refractivity (Wildman–Crippen MR) is 66.9 cm³/mol. The van der Waals surface area contributed by atoms with Gasteiger partial charge in [0.05, 0.1) is 12.8 Å². The maximum Gasteiger partial charge on any atom is 0.449 e. The zero-order chi connectivity index (χ0) is 14.9. The van der Waals surface area contributed by atoms with Crippen LogP contribution >= 0.6 is 11.6 Å². The minimum absolute atomic E-state index is 0.166. The molecule has 0 amide bonds. The van der Waals surface area contributed by atoms with Crippen LogP contribution in [-0.2, 0) is 6.18 Å². The van der Waals surface area contributed by atoms with Gasteiger partial charge >= 0.3 is 6.18 Å². The van der Waals surface area contributed by atoms with E-state index in [-0.39, 0.29) is 22.0 Å². The molecule has 0 fully saturated rings. The SMILES string of the molecule is COc1ccc(Cl)cc1-c1cc(=O)[nH]c(C(F)(F)F)n1. The maximum absolute atomic E-state index is 12.6. The fraction of sp³-hybridized carbons (Fsp3) is 0.167. The summed E-state index contributed by atoms with van der Waals surface area (Å²) >= 11 is 5.80. The number of methoxy groups -OCH3 is 1. The molecule has 0 saturated heterocycles. The number of nitrogens with one attached hydrogen (secondary N) is 1. The molecular weight excluding hydrogens is 297 g/mol. The molecule has 2 rings (SSSR count). The second-order valence-electron chi connectivity index (χ2n) is 3.82. The van der Waals surface area contributed by atoms with Crippen LogP contribution in [0.2, 0.25) is 5.02 Å². The fourth-order valence-electron chi connectivity index (χ4n) is 1.61. The lowest BCUT2D eigenvalue weighted by atomic mass is 10.1. The number of hydrogen-bond acceptors (Lipinski definition) is 3. The Labute approximate surface area is 116 Å². The summed E-state index contributed by atoms with van der Waals surface area (Å²) in [7, 11) is 1.35. The van der Waals surface area contributed by atoms with E-state index in [1.807, 2.05) is 0 Å². The highest BCUT2D eigenvalue weighted by Gasteiger charge is 2.34. The van der Waals surface area contributed by atoms with Gasteiger partial charge in [-0.1, -0.05) is 11.6 Å². The Bertz CT molecular complexity index is 698. The normalized spacial score (nSPS) is 11.4. The van der Waals surface area contributed by atoms with Crippen molar-refractivity contribution in [2.75, 3.05) is 7.11 Å². The maximum atomic E-state index is 12.6. The Morgan fingerprint density at radius 1 is 1.30 bits per heavy atom. The van der Waals surface area contributed by atoms with Crippen molar-refractivity contribution in [1.82, 2.24) is 9.97 Å². The number of H-pyrrole nitrogens is 1. The highest BCUT2D eigenvalue weighted by Crippen LogP contribution is 2.32. The van der Waals surface area contributed by atoms with E-state index in [4.69, 9.17) is 16.3 Å². The van der Waals surface area contributed by atoms with E-state index in [0.29, 0.717) is 0 Å². The molecule has 0 aliphatic heterocycles. The van der Waals surface area contributed by atoms with E-state index < -0.39 is 17.6 Å². The van der Waals surface area contributed by atoms with Gasteiger partial charge in [-0.25, -0.2) is 4.98 Å². The Morgan fingerprint density at radius 3 is 2.60 bits per heavy atom. The van der Waals surface area contributed by atoms with E-state index in [2.05, 4.69) is 4.98 Å². The average Bonchev–Trinajstić information content (AvgIpc) is 2.37. The van der Waals surface area contributed by atoms with Gasteiger partial charge in [0.2, 0.25) is 5.82 Å². The fourth-order valence-corrected chi connectivity index (χ4v) is 1.78. The van der Waals surface area contributed by atoms with Crippen LogP contribution in [0, 0.1) is 0 Å². The topological polar surface area (TPSA) is 55.0 Å². The van der Waals surface area contributed by atoms with Crippen molar-refractivity contribution in [3.8, 4) is 17.0 Å². The average molecular weight is 305 g/mol. The molecule has 106 valence electrons. The number of benzene rings is 1. The van der Waals surface area contributed by atoms with E-state index in [0.717, 1.165) is 6.07 Å². The summed E-state index contributed by atoms with van der Waals surface area (Å²) < 4.78 is 42.9. The highest BCUT2D eigenvalue weighted by atomic mass is 35.5. The number of hydrogen-bond donors (Lipinski definition) is 1. The first kappa shape index (κ1) is 14.4. The number of nitrogens with zero attached hydrogens (tertiary/aromatic N) is 1. The van der Waals surface area contributed by atoms with Crippen molar-refractivity contribution in [2.45, 2.75) is 6.18 Å². The van der Waals surface area contributed by atoms with Crippen molar-refractivity contribution in [2.24, 2.45) is 0 Å². The van der Waals surface area contributed by atoms with Crippen molar-refractivity contribution in [1.29, 1.82) is 0 Å². The Morgan fingerprint density at radius 2 is 2.00 bits per heavy atom. The lowest BCUT2D eigenvalue weighted by Gasteiger charge is -2.10. The molecule has 0 aliphatic rings. The van der Waals surface area contributed by atoms with Gasteiger partial charge in [0.15, 0.2) is 0 Å². The van der Waals surface area contributed by atoms with Gasteiger partial charge in [-0.15, -0.1) is 0 Å². The third-order valence-electron chi connectivity index (χ3n) is 2.45. The third kappa shape index (κ3) is 2.93. The van der Waals surface area contributed by atoms with Crippen LogP contribution in [-0.4, -0.2) is 17.1 Å². The van der Waals surface area contributed by atoms with Gasteiger partial charge in [-0.3, -0.25) is 4.79 Å². The van der Waals surface area contributed by atoms with Crippen molar-refractivity contribution < 1.29 is 17.9 Å². The number of rotatable bonds is 2. The lowest BCUT2D eigenvalue weighted by molar-refractivity contribution is -0.145. The molecule has 0 saturated carbocycles. The number of halogens is 4. The van der Waals surface area contributed by atoms with Gasteiger partial charge in [-0.2, -0.15) is 13.2 Å². The van der Waals surface area contributed by atoms with Crippen LogP contribution in [0.3, 0.4) is 0 Å². The molecule has 1 heterocycles. The van der Waals surface area contributed by atoms with Gasteiger partial charge in [0.1, 0.15) is 5.75 Å². The second-order valence-corrected chi connectivity index (χ2v) is 4.26. The number of alkyl halides is 3. The molecule has 8 heteroatoms. The molecule has 0 spiro atoms. The second kappa shape index (κ2) is 5.16. The molecule has 2 aromatic rings. The van der Waals surface area contributed by atoms with Crippen molar-refractivity contribution in [3.05, 3.63) is 45.5 Å². The Hall–Kier alpha value is -2.02. The molecule has 0 atom stereocenters. The minimum Gasteiger partial charge on any atom is -0.496 e. The van der Waals surface area contributed by atoms with Crippen molar-refractivity contribution in [3.63, 3.8) is 0 Å². The van der Waals surface area contributed by atoms with Crippen LogP contribution in [0.15, 0.2) is 29.1 Å². The molecule has 1 aromatic heterocycles. The van der Waals surface area contributed by atoms with Gasteiger partial charge in [0.25, 0.3) is 5.56 Å². The first-order chi connectivity index (χ1) is 9.31. The van der Waals surface area contributed by atoms with E-state index in [1.165, 1.54) is 25.3 Å². The first-order valence-corrected chi connectivity index (χ1v) is 5.71. The largest absolute Gasteiger partial charge is 0.496 e. The summed E-state index contributed by atoms with van der Waals surface area (Å²) in [5.74, 6) is -1.11. The predicted octanol–water partition coefficient (Wildman–Crippen LogP) is 3.12. The quantitative estimate of drug-likeness (QED) is 0.927. The monoisotopic (exact) mass is 304 g/mol. The van der Waals surface area contributed by atoms with E-state index >= 15 is 0 Å². The van der Waals surface area contributed by atoms with Crippen LogP contribution in [0.1, 0.15) is 5.82 Å². The molecule has 0 radical (unpaired) electrons. The molecule has 4 nitrogen and oxygen atoms in total. The van der Waals surface area contributed by atoms with E-state index in [9.17, 15) is 18.0 Å². The first-order valence-electron chi connectivity index (χ1n) is 5.34. The standard InChI is InChI=1S/C12H8ClF3N2O2/c1-20-9-3-2-6(13)4-7(9)8-5-10(19)18-11(17-8)12(14,15)16/h2-5H,1H3,(H,17,18,19). The summed E-state index contributed by atoms with van der Waals surface area (Å²) in [5.41, 5.74) is -0.874. The molecule has 1 aromatic carbocycles. The molecular formula is C12H8ClF3N2O2. The molecule has 0 aliphatic carbocycles. The minimum atomic E-state index is -4.75. The van der Waals surface area contributed by atoms with Crippen LogP contribution < -0.4 is 10.3 Å². The zero-order valence-corrected chi connectivity index (χ0v) is 10.8. The Balaban J connectivity index is 2.67. The molecule has 0 unspecified atom stereocenters. The van der Waals surface area contributed by atoms with Crippen LogP contribution in [0.25, 0.3) is 11.3 Å². The summed E-state index contributed by atoms with van der Waals surface area (Å²) in [5, 5.41) is 0.288. The summed E-state index contributed by atoms with van der Waals surface area (Å²) in [6.07, 6.45) is -4.75. The number of aromatic nitrogens is 2. The number of ether oxygens (including phenoxy) is 1. The third-order valence-corrected chi connectivity index (χ3v) is 2.68. The molecule has 20 heavy (non-hydrogen) atoms. The molecule has 0 bridgehead atoms.